The average molecular weight is 177 g/mol. The van der Waals surface area contributed by atoms with E-state index in [1.54, 1.807) is 0 Å². The Morgan fingerprint density at radius 2 is 2.31 bits per heavy atom. The normalized spacial score (nSPS) is 27.5. The molecule has 0 saturated carbocycles. The van der Waals surface area contributed by atoms with Crippen molar-refractivity contribution in [3.05, 3.63) is 11.4 Å². The second-order valence-electron chi connectivity index (χ2n) is 3.77. The van der Waals surface area contributed by atoms with E-state index in [1.807, 2.05) is 13.1 Å². The van der Waals surface area contributed by atoms with E-state index in [2.05, 4.69) is 28.9 Å². The van der Waals surface area contributed by atoms with Crippen molar-refractivity contribution in [1.29, 1.82) is 0 Å². The second-order valence-corrected chi connectivity index (χ2v) is 3.77. The van der Waals surface area contributed by atoms with Gasteiger partial charge in [0.05, 0.1) is 5.71 Å². The van der Waals surface area contributed by atoms with Crippen molar-refractivity contribution in [1.82, 2.24) is 4.90 Å². The van der Waals surface area contributed by atoms with Crippen molar-refractivity contribution in [2.24, 2.45) is 15.9 Å². The van der Waals surface area contributed by atoms with Gasteiger partial charge in [-0.05, 0) is 13.3 Å². The first-order chi connectivity index (χ1) is 6.20. The van der Waals surface area contributed by atoms with Crippen molar-refractivity contribution in [3.63, 3.8) is 0 Å². The van der Waals surface area contributed by atoms with Gasteiger partial charge < -0.3 is 4.90 Å². The third-order valence-electron chi connectivity index (χ3n) is 2.66. The van der Waals surface area contributed by atoms with Crippen LogP contribution in [0.15, 0.2) is 21.4 Å². The van der Waals surface area contributed by atoms with E-state index in [-0.39, 0.29) is 0 Å². The highest BCUT2D eigenvalue weighted by atomic mass is 15.2. The van der Waals surface area contributed by atoms with E-state index < -0.39 is 0 Å². The van der Waals surface area contributed by atoms with Gasteiger partial charge in [-0.3, -0.25) is 9.98 Å². The fraction of sp³-hybridized carbons (Fsp3) is 0.600. The lowest BCUT2D eigenvalue weighted by Crippen LogP contribution is -2.31. The molecule has 2 aliphatic heterocycles. The van der Waals surface area contributed by atoms with E-state index >= 15 is 0 Å². The van der Waals surface area contributed by atoms with Crippen LogP contribution >= 0.6 is 0 Å². The zero-order chi connectivity index (χ0) is 9.42. The zero-order valence-electron chi connectivity index (χ0n) is 8.41. The molecular formula is C10H15N3. The summed E-state index contributed by atoms with van der Waals surface area (Å²) in [5.41, 5.74) is 3.53. The summed E-state index contributed by atoms with van der Waals surface area (Å²) in [5, 5.41) is 0. The lowest BCUT2D eigenvalue weighted by Gasteiger charge is -2.32. The summed E-state index contributed by atoms with van der Waals surface area (Å²) in [4.78, 5) is 11.0. The smallest absolute Gasteiger partial charge is 0.110 e. The molecule has 3 heteroatoms. The van der Waals surface area contributed by atoms with Crippen molar-refractivity contribution < 1.29 is 0 Å². The Balaban J connectivity index is 2.46. The maximum atomic E-state index is 4.42. The zero-order valence-corrected chi connectivity index (χ0v) is 8.41. The van der Waals surface area contributed by atoms with Crippen LogP contribution in [0.5, 0.6) is 0 Å². The molecule has 0 bridgehead atoms. The van der Waals surface area contributed by atoms with Crippen molar-refractivity contribution >= 4 is 11.9 Å². The second kappa shape index (κ2) is 2.98. The first-order valence-corrected chi connectivity index (χ1v) is 4.69. The molecule has 3 nitrogen and oxygen atoms in total. The molecule has 1 atom stereocenters. The fourth-order valence-electron chi connectivity index (χ4n) is 1.91. The quantitative estimate of drug-likeness (QED) is 0.553. The number of hydrogen-bond donors (Lipinski definition) is 0. The van der Waals surface area contributed by atoms with E-state index in [1.165, 1.54) is 5.70 Å². The van der Waals surface area contributed by atoms with E-state index in [0.29, 0.717) is 5.92 Å². The Morgan fingerprint density at radius 3 is 3.00 bits per heavy atom. The monoisotopic (exact) mass is 177 g/mol. The van der Waals surface area contributed by atoms with E-state index in [9.17, 15) is 0 Å². The molecule has 2 rings (SSSR count). The molecule has 0 aromatic heterocycles. The largest absolute Gasteiger partial charge is 0.357 e. The summed E-state index contributed by atoms with van der Waals surface area (Å²) in [6.07, 6.45) is 3.05. The summed E-state index contributed by atoms with van der Waals surface area (Å²) in [7, 11) is 2.09. The van der Waals surface area contributed by atoms with Gasteiger partial charge in [0.25, 0.3) is 0 Å². The minimum atomic E-state index is 0.586. The average Bonchev–Trinajstić information content (AvgIpc) is 2.12. The van der Waals surface area contributed by atoms with Gasteiger partial charge in [0.1, 0.15) is 12.4 Å². The minimum Gasteiger partial charge on any atom is -0.357 e. The molecule has 1 unspecified atom stereocenters. The standard InChI is InChI=1S/C10H15N3/c1-7-4-5-11-9-8(2)12-6-13(3)10(7)9/h5,7H,4,6H2,1-3H3. The summed E-state index contributed by atoms with van der Waals surface area (Å²) < 4.78 is 0. The Hall–Kier alpha value is -1.12. The summed E-state index contributed by atoms with van der Waals surface area (Å²) in [5.74, 6) is 0.586. The Bertz CT molecular complexity index is 306. The number of hydrogen-bond acceptors (Lipinski definition) is 3. The summed E-state index contributed by atoms with van der Waals surface area (Å²) in [6, 6.07) is 0. The van der Waals surface area contributed by atoms with Crippen LogP contribution in [-0.2, 0) is 0 Å². The lowest BCUT2D eigenvalue weighted by molar-refractivity contribution is 0.367. The summed E-state index contributed by atoms with van der Waals surface area (Å²) in [6.45, 7) is 5.07. The Morgan fingerprint density at radius 1 is 1.54 bits per heavy atom. The first kappa shape index (κ1) is 8.48. The molecule has 0 amide bonds. The van der Waals surface area contributed by atoms with Gasteiger partial charge in [-0.1, -0.05) is 6.92 Å². The maximum Gasteiger partial charge on any atom is 0.110 e. The van der Waals surface area contributed by atoms with Gasteiger partial charge in [-0.2, -0.15) is 0 Å². The highest BCUT2D eigenvalue weighted by molar-refractivity contribution is 6.00. The van der Waals surface area contributed by atoms with Crippen LogP contribution in [-0.4, -0.2) is 30.5 Å². The molecule has 0 aromatic carbocycles. The molecule has 0 spiro atoms. The highest BCUT2D eigenvalue weighted by Crippen LogP contribution is 2.28. The van der Waals surface area contributed by atoms with E-state index in [0.717, 1.165) is 24.5 Å². The van der Waals surface area contributed by atoms with Crippen molar-refractivity contribution in [2.45, 2.75) is 20.3 Å². The molecule has 0 saturated heterocycles. The van der Waals surface area contributed by atoms with Gasteiger partial charge in [0.2, 0.25) is 0 Å². The van der Waals surface area contributed by atoms with Crippen LogP contribution in [0, 0.1) is 5.92 Å². The van der Waals surface area contributed by atoms with E-state index in [4.69, 9.17) is 0 Å². The molecular weight excluding hydrogens is 162 g/mol. The van der Waals surface area contributed by atoms with Crippen molar-refractivity contribution in [2.75, 3.05) is 13.7 Å². The summed E-state index contributed by atoms with van der Waals surface area (Å²) >= 11 is 0. The maximum absolute atomic E-state index is 4.42. The van der Waals surface area contributed by atoms with Gasteiger partial charge >= 0.3 is 0 Å². The molecule has 0 aliphatic carbocycles. The molecule has 0 N–H and O–H groups in total. The van der Waals surface area contributed by atoms with Crippen LogP contribution in [0.3, 0.4) is 0 Å². The predicted molar refractivity (Wildman–Crippen MR) is 55.0 cm³/mol. The van der Waals surface area contributed by atoms with Gasteiger partial charge in [0.15, 0.2) is 0 Å². The Labute approximate surface area is 78.9 Å². The predicted octanol–water partition coefficient (Wildman–Crippen LogP) is 1.67. The van der Waals surface area contributed by atoms with Crippen LogP contribution in [0.1, 0.15) is 20.3 Å². The fourth-order valence-corrected chi connectivity index (χ4v) is 1.91. The molecule has 2 heterocycles. The lowest BCUT2D eigenvalue weighted by atomic mass is 9.97. The highest BCUT2D eigenvalue weighted by Gasteiger charge is 2.24. The number of allylic oxidation sites excluding steroid dienone is 2. The molecule has 70 valence electrons. The molecule has 0 radical (unpaired) electrons. The van der Waals surface area contributed by atoms with Crippen LogP contribution in [0.2, 0.25) is 0 Å². The number of rotatable bonds is 0. The van der Waals surface area contributed by atoms with Crippen LogP contribution in [0.25, 0.3) is 0 Å². The van der Waals surface area contributed by atoms with Gasteiger partial charge in [-0.15, -0.1) is 0 Å². The Kier molecular flexibility index (Phi) is 1.94. The van der Waals surface area contributed by atoms with Crippen molar-refractivity contribution in [3.8, 4) is 0 Å². The molecule has 2 aliphatic rings. The topological polar surface area (TPSA) is 28.0 Å². The number of nitrogens with zero attached hydrogens (tertiary/aromatic N) is 3. The van der Waals surface area contributed by atoms with Gasteiger partial charge in [-0.25, -0.2) is 0 Å². The minimum absolute atomic E-state index is 0.586. The van der Waals surface area contributed by atoms with Gasteiger partial charge in [0, 0.05) is 24.9 Å². The van der Waals surface area contributed by atoms with Crippen LogP contribution in [0.4, 0.5) is 0 Å². The number of aliphatic imine (C=N–C) groups is 2. The molecule has 0 fully saturated rings. The third kappa shape index (κ3) is 1.28. The third-order valence-corrected chi connectivity index (χ3v) is 2.66. The first-order valence-electron chi connectivity index (χ1n) is 4.69. The molecule has 13 heavy (non-hydrogen) atoms. The molecule has 0 aromatic rings. The SMILES string of the molecule is CC1=NCN(C)C2=C1N=CCC2C. The van der Waals surface area contributed by atoms with Crippen LogP contribution < -0.4 is 0 Å².